The van der Waals surface area contributed by atoms with Crippen LogP contribution >= 0.6 is 0 Å². The molecular weight excluding hydrogens is 441 g/mol. The predicted octanol–water partition coefficient (Wildman–Crippen LogP) is 3.40. The number of benzene rings is 2. The van der Waals surface area contributed by atoms with Gasteiger partial charge in [0.1, 0.15) is 12.8 Å². The lowest BCUT2D eigenvalue weighted by Gasteiger charge is -2.43. The van der Waals surface area contributed by atoms with Gasteiger partial charge in [0, 0.05) is 25.2 Å². The standard InChI is InChI=1S/C21H24FN3O6S/c1-16(22)21(23-32(29,30)19-10-8-18(9-11-19)25(27)28)12-5-13-24(15-21)20(26)31-14-17-6-3-2-4-7-17/h2-4,6-11,16,23H,5,12-15H2,1H3. The minimum Gasteiger partial charge on any atom is -0.445 e. The average molecular weight is 466 g/mol. The number of carbonyl (C=O) groups excluding carboxylic acids is 1. The summed E-state index contributed by atoms with van der Waals surface area (Å²) in [6.07, 6.45) is -1.72. The topological polar surface area (TPSA) is 119 Å². The number of hydrogen-bond donors (Lipinski definition) is 1. The van der Waals surface area contributed by atoms with Crippen LogP contribution in [0.5, 0.6) is 0 Å². The Kier molecular flexibility index (Phi) is 7.09. The largest absolute Gasteiger partial charge is 0.445 e. The molecule has 1 saturated heterocycles. The lowest BCUT2D eigenvalue weighted by molar-refractivity contribution is -0.384. The van der Waals surface area contributed by atoms with E-state index >= 15 is 0 Å². The molecule has 2 aromatic rings. The Morgan fingerprint density at radius 2 is 1.91 bits per heavy atom. The highest BCUT2D eigenvalue weighted by atomic mass is 32.2. The van der Waals surface area contributed by atoms with E-state index in [0.29, 0.717) is 13.0 Å². The van der Waals surface area contributed by atoms with Gasteiger partial charge in [-0.15, -0.1) is 0 Å². The van der Waals surface area contributed by atoms with E-state index in [1.807, 2.05) is 18.2 Å². The Morgan fingerprint density at radius 3 is 2.50 bits per heavy atom. The maximum atomic E-state index is 14.8. The molecule has 0 saturated carbocycles. The molecule has 0 bridgehead atoms. The monoisotopic (exact) mass is 465 g/mol. The molecule has 1 heterocycles. The predicted molar refractivity (Wildman–Crippen MR) is 114 cm³/mol. The number of nitrogens with zero attached hydrogens (tertiary/aromatic N) is 2. The van der Waals surface area contributed by atoms with Gasteiger partial charge in [-0.2, -0.15) is 0 Å². The number of sulfonamides is 1. The van der Waals surface area contributed by atoms with Crippen LogP contribution in [0.4, 0.5) is 14.9 Å². The van der Waals surface area contributed by atoms with Crippen LogP contribution in [-0.4, -0.2) is 49.1 Å². The maximum absolute atomic E-state index is 14.8. The lowest BCUT2D eigenvalue weighted by Crippen LogP contribution is -2.63. The summed E-state index contributed by atoms with van der Waals surface area (Å²) in [5, 5.41) is 10.8. The molecule has 32 heavy (non-hydrogen) atoms. The SMILES string of the molecule is CC(F)C1(NS(=O)(=O)c2ccc([N+](=O)[O-])cc2)CCCN(C(=O)OCc2ccccc2)C1. The zero-order valence-corrected chi connectivity index (χ0v) is 18.3. The van der Waals surface area contributed by atoms with E-state index in [4.69, 9.17) is 4.74 Å². The number of non-ortho nitro benzene ring substituents is 1. The van der Waals surface area contributed by atoms with Gasteiger partial charge in [-0.25, -0.2) is 22.3 Å². The second kappa shape index (κ2) is 9.61. The highest BCUT2D eigenvalue weighted by molar-refractivity contribution is 7.89. The van der Waals surface area contributed by atoms with E-state index in [1.165, 1.54) is 11.8 Å². The average Bonchev–Trinajstić information content (AvgIpc) is 2.78. The summed E-state index contributed by atoms with van der Waals surface area (Å²) < 4.78 is 48.3. The molecule has 1 aliphatic rings. The number of nitrogens with one attached hydrogen (secondary N) is 1. The van der Waals surface area contributed by atoms with Crippen LogP contribution in [0, 0.1) is 10.1 Å². The van der Waals surface area contributed by atoms with Crippen LogP contribution < -0.4 is 4.72 Å². The van der Waals surface area contributed by atoms with Crippen molar-refractivity contribution in [2.45, 2.75) is 43.0 Å². The van der Waals surface area contributed by atoms with E-state index < -0.39 is 32.8 Å². The molecule has 1 aliphatic heterocycles. The summed E-state index contributed by atoms with van der Waals surface area (Å²) in [7, 11) is -4.20. The van der Waals surface area contributed by atoms with Crippen molar-refractivity contribution in [2.75, 3.05) is 13.1 Å². The summed E-state index contributed by atoms with van der Waals surface area (Å²) in [6, 6.07) is 13.4. The molecule has 0 spiro atoms. The van der Waals surface area contributed by atoms with E-state index in [0.717, 1.165) is 29.8 Å². The first kappa shape index (κ1) is 23.6. The highest BCUT2D eigenvalue weighted by Crippen LogP contribution is 2.30. The van der Waals surface area contributed by atoms with Crippen molar-refractivity contribution in [3.8, 4) is 0 Å². The third-order valence-corrected chi connectivity index (χ3v) is 7.01. The molecule has 172 valence electrons. The molecule has 0 radical (unpaired) electrons. The smallest absolute Gasteiger partial charge is 0.410 e. The number of halogens is 1. The Labute approximate surface area is 185 Å². The van der Waals surface area contributed by atoms with Crippen LogP contribution in [0.15, 0.2) is 59.5 Å². The number of rotatable bonds is 7. The van der Waals surface area contributed by atoms with Crippen LogP contribution in [0.2, 0.25) is 0 Å². The number of amides is 1. The molecule has 11 heteroatoms. The number of ether oxygens (including phenoxy) is 1. The van der Waals surface area contributed by atoms with Crippen molar-refractivity contribution in [1.82, 2.24) is 9.62 Å². The maximum Gasteiger partial charge on any atom is 0.410 e. The number of alkyl halides is 1. The highest BCUT2D eigenvalue weighted by Gasteiger charge is 2.45. The van der Waals surface area contributed by atoms with E-state index in [9.17, 15) is 27.7 Å². The fourth-order valence-electron chi connectivity index (χ4n) is 3.61. The van der Waals surface area contributed by atoms with Gasteiger partial charge in [0.25, 0.3) is 5.69 Å². The van der Waals surface area contributed by atoms with Gasteiger partial charge < -0.3 is 9.64 Å². The first-order chi connectivity index (χ1) is 15.1. The second-order valence-corrected chi connectivity index (χ2v) is 9.38. The number of likely N-dealkylation sites (tertiary alicyclic amines) is 1. The molecule has 2 unspecified atom stereocenters. The van der Waals surface area contributed by atoms with Gasteiger partial charge in [0.15, 0.2) is 0 Å². The fourth-order valence-corrected chi connectivity index (χ4v) is 5.09. The van der Waals surface area contributed by atoms with E-state index in [1.54, 1.807) is 12.1 Å². The van der Waals surface area contributed by atoms with Crippen molar-refractivity contribution in [2.24, 2.45) is 0 Å². The third kappa shape index (κ3) is 5.40. The quantitative estimate of drug-likeness (QED) is 0.494. The number of nitro groups is 1. The van der Waals surface area contributed by atoms with Crippen LogP contribution in [0.1, 0.15) is 25.3 Å². The summed E-state index contributed by atoms with van der Waals surface area (Å²) in [6.45, 7) is 1.38. The van der Waals surface area contributed by atoms with Gasteiger partial charge in [-0.3, -0.25) is 10.1 Å². The van der Waals surface area contributed by atoms with Gasteiger partial charge in [0.2, 0.25) is 10.0 Å². The van der Waals surface area contributed by atoms with Gasteiger partial charge in [-0.1, -0.05) is 30.3 Å². The zero-order chi connectivity index (χ0) is 23.4. The Bertz CT molecular complexity index is 1060. The number of piperidine rings is 1. The summed E-state index contributed by atoms with van der Waals surface area (Å²) in [4.78, 5) is 23.8. The Balaban J connectivity index is 1.74. The second-order valence-electron chi connectivity index (χ2n) is 7.69. The van der Waals surface area contributed by atoms with E-state index in [2.05, 4.69) is 4.72 Å². The summed E-state index contributed by atoms with van der Waals surface area (Å²) in [5.41, 5.74) is -1.02. The van der Waals surface area contributed by atoms with Gasteiger partial charge >= 0.3 is 6.09 Å². The number of carbonyl (C=O) groups is 1. The van der Waals surface area contributed by atoms with Crippen LogP contribution in [0.3, 0.4) is 0 Å². The van der Waals surface area contributed by atoms with Crippen molar-refractivity contribution < 1.29 is 27.3 Å². The Morgan fingerprint density at radius 1 is 1.25 bits per heavy atom. The molecule has 9 nitrogen and oxygen atoms in total. The van der Waals surface area contributed by atoms with Crippen LogP contribution in [-0.2, 0) is 21.4 Å². The molecule has 1 fully saturated rings. The number of nitro benzene ring substituents is 1. The molecule has 3 rings (SSSR count). The molecule has 1 N–H and O–H groups in total. The van der Waals surface area contributed by atoms with Crippen molar-refractivity contribution in [1.29, 1.82) is 0 Å². The Hall–Kier alpha value is -3.05. The molecule has 2 atom stereocenters. The fraction of sp³-hybridized carbons (Fsp3) is 0.381. The van der Waals surface area contributed by atoms with Crippen LogP contribution in [0.25, 0.3) is 0 Å². The third-order valence-electron chi connectivity index (χ3n) is 5.44. The zero-order valence-electron chi connectivity index (χ0n) is 17.4. The molecule has 1 amide bonds. The van der Waals surface area contributed by atoms with Gasteiger partial charge in [0.05, 0.1) is 15.4 Å². The van der Waals surface area contributed by atoms with E-state index in [-0.39, 0.29) is 30.2 Å². The normalized spacial score (nSPS) is 19.9. The summed E-state index contributed by atoms with van der Waals surface area (Å²) >= 11 is 0. The molecule has 0 aromatic heterocycles. The first-order valence-corrected chi connectivity index (χ1v) is 11.5. The molecule has 0 aliphatic carbocycles. The van der Waals surface area contributed by atoms with Gasteiger partial charge in [-0.05, 0) is 37.5 Å². The lowest BCUT2D eigenvalue weighted by atomic mass is 9.86. The van der Waals surface area contributed by atoms with Crippen molar-refractivity contribution in [3.05, 3.63) is 70.3 Å². The van der Waals surface area contributed by atoms with Crippen molar-refractivity contribution in [3.63, 3.8) is 0 Å². The number of hydrogen-bond acceptors (Lipinski definition) is 6. The molecular formula is C21H24FN3O6S. The molecule has 2 aromatic carbocycles. The van der Waals surface area contributed by atoms with Crippen molar-refractivity contribution >= 4 is 21.8 Å². The minimum absolute atomic E-state index is 0.0445. The summed E-state index contributed by atoms with van der Waals surface area (Å²) in [5.74, 6) is 0. The first-order valence-electron chi connectivity index (χ1n) is 10.0. The minimum atomic E-state index is -4.20.